The monoisotopic (exact) mass is 432 g/mol. The Balaban J connectivity index is 1.88. The van der Waals surface area contributed by atoms with Crippen LogP contribution in [0.25, 0.3) is 0 Å². The first-order valence-corrected chi connectivity index (χ1v) is 14.0. The lowest BCUT2D eigenvalue weighted by Crippen LogP contribution is -2.27. The van der Waals surface area contributed by atoms with Crippen LogP contribution in [0.2, 0.25) is 13.1 Å². The molecule has 4 atom stereocenters. The van der Waals surface area contributed by atoms with Gasteiger partial charge in [-0.3, -0.25) is 0 Å². The van der Waals surface area contributed by atoms with E-state index in [1.54, 1.807) is 18.3 Å². The fraction of sp³-hybridized carbons (Fsp3) is 0.522. The van der Waals surface area contributed by atoms with E-state index in [1.165, 1.54) is 10.4 Å². The van der Waals surface area contributed by atoms with Gasteiger partial charge in [-0.25, -0.2) is 0 Å². The average molecular weight is 433 g/mol. The Kier molecular flexibility index (Phi) is 6.86. The molecule has 2 heterocycles. The number of fused-ring (bicyclic) bond motifs is 1. The van der Waals surface area contributed by atoms with Crippen molar-refractivity contribution in [1.29, 1.82) is 0 Å². The minimum absolute atomic E-state index is 0.0561. The number of benzene rings is 1. The molecular formula is C23H32O4SSi. The first-order valence-electron chi connectivity index (χ1n) is 10.3. The topological polar surface area (TPSA) is 44.8 Å². The molecule has 0 spiro atoms. The third-order valence-corrected chi connectivity index (χ3v) is 7.13. The van der Waals surface area contributed by atoms with Crippen LogP contribution < -0.4 is 9.47 Å². The van der Waals surface area contributed by atoms with Gasteiger partial charge in [0.05, 0.1) is 12.0 Å². The predicted octanol–water partition coefficient (Wildman–Crippen LogP) is 5.94. The summed E-state index contributed by atoms with van der Waals surface area (Å²) >= 11 is 1.77. The van der Waals surface area contributed by atoms with E-state index in [0.717, 1.165) is 18.5 Å². The van der Waals surface area contributed by atoms with Crippen LogP contribution >= 0.6 is 11.3 Å². The zero-order chi connectivity index (χ0) is 21.2. The summed E-state index contributed by atoms with van der Waals surface area (Å²) in [6, 6.07) is 10.5. The molecule has 0 fully saturated rings. The molecule has 0 amide bonds. The van der Waals surface area contributed by atoms with Gasteiger partial charge >= 0.3 is 0 Å². The molecule has 6 heteroatoms. The minimum Gasteiger partial charge on any atom is -0.450 e. The van der Waals surface area contributed by atoms with Gasteiger partial charge in [-0.1, -0.05) is 32.9 Å². The summed E-state index contributed by atoms with van der Waals surface area (Å²) in [5.41, 5.74) is 1.27. The Bertz CT molecular complexity index is 813. The second-order valence-corrected chi connectivity index (χ2v) is 12.5. The van der Waals surface area contributed by atoms with Crippen LogP contribution in [0.3, 0.4) is 0 Å². The van der Waals surface area contributed by atoms with Crippen LogP contribution in [0.15, 0.2) is 35.7 Å². The Hall–Kier alpha value is -1.63. The van der Waals surface area contributed by atoms with Crippen LogP contribution in [-0.2, 0) is 9.22 Å². The molecule has 1 aliphatic rings. The number of hydrogen-bond donors (Lipinski definition) is 0. The molecule has 0 aliphatic carbocycles. The highest BCUT2D eigenvalue weighted by Gasteiger charge is 2.34. The third kappa shape index (κ3) is 5.30. The molecule has 2 aromatic rings. The van der Waals surface area contributed by atoms with Crippen LogP contribution in [0.1, 0.15) is 56.6 Å². The molecule has 0 saturated heterocycles. The Labute approximate surface area is 179 Å². The first-order chi connectivity index (χ1) is 13.7. The normalized spacial score (nSPS) is 19.2. The summed E-state index contributed by atoms with van der Waals surface area (Å²) in [6.45, 7) is 13.1. The maximum atomic E-state index is 11.1. The van der Waals surface area contributed by atoms with E-state index >= 15 is 0 Å². The molecule has 4 unspecified atom stereocenters. The van der Waals surface area contributed by atoms with Gasteiger partial charge in [-0.2, -0.15) is 0 Å². The van der Waals surface area contributed by atoms with E-state index in [2.05, 4.69) is 63.5 Å². The van der Waals surface area contributed by atoms with Crippen molar-refractivity contribution >= 4 is 26.7 Å². The zero-order valence-corrected chi connectivity index (χ0v) is 20.1. The number of aldehydes is 1. The highest BCUT2D eigenvalue weighted by Crippen LogP contribution is 2.46. The predicted molar refractivity (Wildman–Crippen MR) is 121 cm³/mol. The molecule has 1 aromatic carbocycles. The van der Waals surface area contributed by atoms with E-state index < -0.39 is 15.3 Å². The lowest BCUT2D eigenvalue weighted by Gasteiger charge is -2.34. The van der Waals surface area contributed by atoms with Crippen molar-refractivity contribution in [2.75, 3.05) is 0 Å². The SMILES string of the molecule is CC(C=O)C1Oc2ccc(C(CC(O[SiH](C)C)c3cccs3)C(C)(C)C)cc2O1. The van der Waals surface area contributed by atoms with Gasteiger partial charge in [0.1, 0.15) is 6.29 Å². The lowest BCUT2D eigenvalue weighted by atomic mass is 9.73. The van der Waals surface area contributed by atoms with E-state index in [-0.39, 0.29) is 17.4 Å². The van der Waals surface area contributed by atoms with Gasteiger partial charge in [0, 0.05) is 4.88 Å². The molecule has 0 radical (unpaired) electrons. The van der Waals surface area contributed by atoms with E-state index in [9.17, 15) is 4.79 Å². The highest BCUT2D eigenvalue weighted by atomic mass is 32.1. The van der Waals surface area contributed by atoms with Crippen LogP contribution in [0.5, 0.6) is 11.5 Å². The molecule has 0 bridgehead atoms. The van der Waals surface area contributed by atoms with Crippen molar-refractivity contribution in [3.05, 3.63) is 46.2 Å². The number of carbonyl (C=O) groups is 1. The fourth-order valence-electron chi connectivity index (χ4n) is 3.73. The van der Waals surface area contributed by atoms with Gasteiger partial charge in [-0.05, 0) is 66.9 Å². The quantitative estimate of drug-likeness (QED) is 0.382. The van der Waals surface area contributed by atoms with Crippen molar-refractivity contribution in [2.24, 2.45) is 11.3 Å². The van der Waals surface area contributed by atoms with Crippen LogP contribution in [0, 0.1) is 11.3 Å². The minimum atomic E-state index is -1.19. The molecule has 29 heavy (non-hydrogen) atoms. The van der Waals surface area contributed by atoms with Gasteiger partial charge in [-0.15, -0.1) is 11.3 Å². The number of thiophene rings is 1. The van der Waals surface area contributed by atoms with Crippen molar-refractivity contribution in [3.8, 4) is 11.5 Å². The largest absolute Gasteiger partial charge is 0.450 e. The van der Waals surface area contributed by atoms with Crippen LogP contribution in [-0.4, -0.2) is 21.6 Å². The third-order valence-electron chi connectivity index (χ3n) is 5.29. The van der Waals surface area contributed by atoms with Crippen molar-refractivity contribution in [3.63, 3.8) is 0 Å². The summed E-state index contributed by atoms with van der Waals surface area (Å²) in [5, 5.41) is 2.12. The van der Waals surface area contributed by atoms with E-state index in [4.69, 9.17) is 13.9 Å². The summed E-state index contributed by atoms with van der Waals surface area (Å²) in [5.74, 6) is 1.42. The van der Waals surface area contributed by atoms with E-state index in [1.807, 2.05) is 6.07 Å². The number of carbonyl (C=O) groups excluding carboxylic acids is 1. The second-order valence-electron chi connectivity index (χ2n) is 9.15. The van der Waals surface area contributed by atoms with Crippen molar-refractivity contribution < 1.29 is 18.7 Å². The summed E-state index contributed by atoms with van der Waals surface area (Å²) in [6.07, 6.45) is 1.36. The second kappa shape index (κ2) is 9.02. The number of hydrogen-bond acceptors (Lipinski definition) is 5. The van der Waals surface area contributed by atoms with Crippen molar-refractivity contribution in [1.82, 2.24) is 0 Å². The maximum absolute atomic E-state index is 11.1. The maximum Gasteiger partial charge on any atom is 0.250 e. The molecule has 1 aliphatic heterocycles. The first kappa shape index (κ1) is 22.1. The summed E-state index contributed by atoms with van der Waals surface area (Å²) in [7, 11) is -1.19. The molecular weight excluding hydrogens is 400 g/mol. The molecule has 0 saturated carbocycles. The molecule has 0 N–H and O–H groups in total. The molecule has 4 nitrogen and oxygen atoms in total. The van der Waals surface area contributed by atoms with Gasteiger partial charge < -0.3 is 18.7 Å². The van der Waals surface area contributed by atoms with Gasteiger partial charge in [0.2, 0.25) is 0 Å². The Morgan fingerprint density at radius 2 is 1.93 bits per heavy atom. The zero-order valence-electron chi connectivity index (χ0n) is 18.2. The smallest absolute Gasteiger partial charge is 0.250 e. The number of rotatable bonds is 8. The van der Waals surface area contributed by atoms with E-state index in [0.29, 0.717) is 11.7 Å². The molecule has 158 valence electrons. The van der Waals surface area contributed by atoms with Crippen LogP contribution in [0.4, 0.5) is 0 Å². The number of ether oxygens (including phenoxy) is 2. The Morgan fingerprint density at radius 3 is 2.52 bits per heavy atom. The van der Waals surface area contributed by atoms with Gasteiger partial charge in [0.25, 0.3) is 6.29 Å². The lowest BCUT2D eigenvalue weighted by molar-refractivity contribution is -0.117. The van der Waals surface area contributed by atoms with Crippen molar-refractivity contribution in [2.45, 2.75) is 65.5 Å². The fourth-order valence-corrected chi connectivity index (χ4v) is 5.52. The Morgan fingerprint density at radius 1 is 1.21 bits per heavy atom. The average Bonchev–Trinajstić information content (AvgIpc) is 3.32. The van der Waals surface area contributed by atoms with Gasteiger partial charge in [0.15, 0.2) is 20.5 Å². The highest BCUT2D eigenvalue weighted by molar-refractivity contribution is 7.10. The summed E-state index contributed by atoms with van der Waals surface area (Å²) in [4.78, 5) is 12.4. The molecule has 3 rings (SSSR count). The summed E-state index contributed by atoms with van der Waals surface area (Å²) < 4.78 is 18.2. The standard InChI is InChI=1S/C23H32O4SSi/c1-15(14-24)22-25-18-10-9-16(12-19(18)26-22)17(23(2,3)4)13-20(27-29(5)6)21-8-7-11-28-21/h7-12,14-15,17,20,22,29H,13H2,1-6H3. The molecule has 1 aromatic heterocycles.